The van der Waals surface area contributed by atoms with Crippen molar-refractivity contribution in [2.45, 2.75) is 25.2 Å². The van der Waals surface area contributed by atoms with Gasteiger partial charge >= 0.3 is 0 Å². The van der Waals surface area contributed by atoms with Crippen LogP contribution in [0.25, 0.3) is 0 Å². The number of hydrogen-bond donors (Lipinski definition) is 2. The van der Waals surface area contributed by atoms with Crippen LogP contribution in [0, 0.1) is 0 Å². The van der Waals surface area contributed by atoms with Crippen molar-refractivity contribution in [3.8, 4) is 0 Å². The van der Waals surface area contributed by atoms with Crippen LogP contribution in [0.3, 0.4) is 0 Å². The molecule has 0 aromatic carbocycles. The summed E-state index contributed by atoms with van der Waals surface area (Å²) >= 11 is 0. The summed E-state index contributed by atoms with van der Waals surface area (Å²) in [6, 6.07) is 0.573. The molecular formula is C9H14N2O. The van der Waals surface area contributed by atoms with Crippen LogP contribution in [-0.2, 0) is 0 Å². The van der Waals surface area contributed by atoms with Crippen molar-refractivity contribution in [2.75, 3.05) is 6.61 Å². The van der Waals surface area contributed by atoms with Gasteiger partial charge < -0.3 is 10.0 Å². The Morgan fingerprint density at radius 2 is 2.33 bits per heavy atom. The van der Waals surface area contributed by atoms with Gasteiger partial charge in [0.05, 0.1) is 18.8 Å². The summed E-state index contributed by atoms with van der Waals surface area (Å²) in [6.45, 7) is 2.31. The minimum Gasteiger partial charge on any atom is -0.394 e. The highest BCUT2D eigenvalue weighted by Crippen LogP contribution is 2.20. The Labute approximate surface area is 72.4 Å². The molecule has 0 aromatic heterocycles. The van der Waals surface area contributed by atoms with Gasteiger partial charge in [0, 0.05) is 12.2 Å². The maximum atomic E-state index is 9.14. The molecule has 0 aromatic rings. The smallest absolute Gasteiger partial charge is 0.0992 e. The summed E-state index contributed by atoms with van der Waals surface area (Å²) in [5.74, 6) is 0. The molecule has 3 unspecified atom stereocenters. The lowest BCUT2D eigenvalue weighted by molar-refractivity contribution is 0.177. The maximum Gasteiger partial charge on any atom is 0.0992 e. The van der Waals surface area contributed by atoms with E-state index < -0.39 is 0 Å². The molecule has 0 radical (unpaired) electrons. The molecule has 66 valence electrons. The molecule has 12 heavy (non-hydrogen) atoms. The summed E-state index contributed by atoms with van der Waals surface area (Å²) in [5.41, 5.74) is 0. The normalized spacial score (nSPS) is 38.8. The Hall–Kier alpha value is -0.800. The molecule has 3 heteroatoms. The molecule has 2 heterocycles. The number of aliphatic hydroxyl groups is 1. The largest absolute Gasteiger partial charge is 0.394 e. The fraction of sp³-hybridized carbons (Fsp3) is 0.556. The number of allylic oxidation sites excluding steroid dienone is 2. The lowest BCUT2D eigenvalue weighted by Gasteiger charge is -2.27. The molecule has 3 nitrogen and oxygen atoms in total. The minimum absolute atomic E-state index is 0.211. The second-order valence-electron chi connectivity index (χ2n) is 3.32. The first-order chi connectivity index (χ1) is 5.83. The van der Waals surface area contributed by atoms with E-state index in [9.17, 15) is 0 Å². The standard InChI is InChI=1S/C9H14N2O/c1-7-8(6-12)11-5-3-2-4-9(11)10-7/h2-5,7-10,12H,6H2,1H3. The van der Waals surface area contributed by atoms with Gasteiger partial charge in [0.2, 0.25) is 0 Å². The van der Waals surface area contributed by atoms with Crippen LogP contribution in [0.4, 0.5) is 0 Å². The molecule has 2 aliphatic rings. The van der Waals surface area contributed by atoms with Crippen molar-refractivity contribution < 1.29 is 5.11 Å². The third-order valence-corrected chi connectivity index (χ3v) is 2.56. The Morgan fingerprint density at radius 1 is 1.50 bits per heavy atom. The van der Waals surface area contributed by atoms with E-state index in [1.165, 1.54) is 0 Å². The molecule has 0 spiro atoms. The molecule has 2 rings (SSSR count). The Kier molecular flexibility index (Phi) is 1.90. The number of nitrogens with zero attached hydrogens (tertiary/aromatic N) is 1. The maximum absolute atomic E-state index is 9.14. The number of aliphatic hydroxyl groups excluding tert-OH is 1. The average Bonchev–Trinajstić information content (AvgIpc) is 2.40. The second-order valence-corrected chi connectivity index (χ2v) is 3.32. The Balaban J connectivity index is 2.18. The topological polar surface area (TPSA) is 35.5 Å². The molecule has 0 saturated carbocycles. The monoisotopic (exact) mass is 166 g/mol. The van der Waals surface area contributed by atoms with Crippen molar-refractivity contribution in [3.63, 3.8) is 0 Å². The predicted octanol–water partition coefficient (Wildman–Crippen LogP) is 0.0506. The fourth-order valence-corrected chi connectivity index (χ4v) is 1.86. The zero-order valence-corrected chi connectivity index (χ0v) is 7.14. The van der Waals surface area contributed by atoms with E-state index in [2.05, 4.69) is 23.2 Å². The van der Waals surface area contributed by atoms with E-state index >= 15 is 0 Å². The third-order valence-electron chi connectivity index (χ3n) is 2.56. The van der Waals surface area contributed by atoms with Gasteiger partial charge in [-0.1, -0.05) is 6.08 Å². The van der Waals surface area contributed by atoms with Crippen molar-refractivity contribution in [1.82, 2.24) is 10.2 Å². The van der Waals surface area contributed by atoms with E-state index in [0.29, 0.717) is 6.04 Å². The highest BCUT2D eigenvalue weighted by Gasteiger charge is 2.34. The first kappa shape index (κ1) is 7.83. The van der Waals surface area contributed by atoms with Crippen LogP contribution in [0.15, 0.2) is 24.4 Å². The zero-order chi connectivity index (χ0) is 8.55. The number of fused-ring (bicyclic) bond motifs is 1. The van der Waals surface area contributed by atoms with Gasteiger partial charge in [-0.05, 0) is 19.1 Å². The molecule has 0 amide bonds. The molecule has 1 saturated heterocycles. The lowest BCUT2D eigenvalue weighted by Crippen LogP contribution is -2.36. The molecule has 2 aliphatic heterocycles. The van der Waals surface area contributed by atoms with Gasteiger partial charge in [0.25, 0.3) is 0 Å². The number of hydrogen-bond acceptors (Lipinski definition) is 3. The molecule has 3 atom stereocenters. The minimum atomic E-state index is 0.211. The van der Waals surface area contributed by atoms with Crippen molar-refractivity contribution in [3.05, 3.63) is 24.4 Å². The van der Waals surface area contributed by atoms with Crippen LogP contribution < -0.4 is 5.32 Å². The summed E-state index contributed by atoms with van der Waals surface area (Å²) in [6.07, 6.45) is 8.44. The number of nitrogens with one attached hydrogen (secondary N) is 1. The SMILES string of the molecule is CC1NC2C=CC=CN2C1CO. The molecular weight excluding hydrogens is 152 g/mol. The third kappa shape index (κ3) is 1.06. The molecule has 0 aliphatic carbocycles. The summed E-state index contributed by atoms with van der Waals surface area (Å²) in [4.78, 5) is 2.16. The van der Waals surface area contributed by atoms with Crippen LogP contribution in [-0.4, -0.2) is 34.9 Å². The van der Waals surface area contributed by atoms with Gasteiger partial charge in [-0.15, -0.1) is 0 Å². The second kappa shape index (κ2) is 2.92. The van der Waals surface area contributed by atoms with Crippen molar-refractivity contribution >= 4 is 0 Å². The van der Waals surface area contributed by atoms with Gasteiger partial charge in [-0.2, -0.15) is 0 Å². The fourth-order valence-electron chi connectivity index (χ4n) is 1.86. The molecule has 1 fully saturated rings. The Bertz CT molecular complexity index is 225. The average molecular weight is 166 g/mol. The molecule has 2 N–H and O–H groups in total. The zero-order valence-electron chi connectivity index (χ0n) is 7.14. The van der Waals surface area contributed by atoms with Crippen LogP contribution >= 0.6 is 0 Å². The van der Waals surface area contributed by atoms with E-state index in [0.717, 1.165) is 0 Å². The van der Waals surface area contributed by atoms with Crippen LogP contribution in [0.2, 0.25) is 0 Å². The predicted molar refractivity (Wildman–Crippen MR) is 47.4 cm³/mol. The van der Waals surface area contributed by atoms with Crippen molar-refractivity contribution in [2.24, 2.45) is 0 Å². The van der Waals surface area contributed by atoms with Gasteiger partial charge in [-0.25, -0.2) is 0 Å². The van der Waals surface area contributed by atoms with Crippen LogP contribution in [0.1, 0.15) is 6.92 Å². The van der Waals surface area contributed by atoms with E-state index in [-0.39, 0.29) is 18.8 Å². The highest BCUT2D eigenvalue weighted by atomic mass is 16.3. The summed E-state index contributed by atoms with van der Waals surface area (Å²) in [5, 5.41) is 12.5. The van der Waals surface area contributed by atoms with Gasteiger partial charge in [0.1, 0.15) is 0 Å². The highest BCUT2D eigenvalue weighted by molar-refractivity contribution is 5.17. The first-order valence-corrected chi connectivity index (χ1v) is 4.32. The van der Waals surface area contributed by atoms with Crippen LogP contribution in [0.5, 0.6) is 0 Å². The van der Waals surface area contributed by atoms with E-state index in [4.69, 9.17) is 5.11 Å². The molecule has 0 bridgehead atoms. The first-order valence-electron chi connectivity index (χ1n) is 4.32. The lowest BCUT2D eigenvalue weighted by atomic mass is 10.1. The van der Waals surface area contributed by atoms with Crippen molar-refractivity contribution in [1.29, 1.82) is 0 Å². The summed E-state index contributed by atoms with van der Waals surface area (Å²) in [7, 11) is 0. The van der Waals surface area contributed by atoms with Gasteiger partial charge in [0.15, 0.2) is 0 Å². The summed E-state index contributed by atoms with van der Waals surface area (Å²) < 4.78 is 0. The quantitative estimate of drug-likeness (QED) is 0.578. The van der Waals surface area contributed by atoms with E-state index in [1.807, 2.05) is 18.4 Å². The Morgan fingerprint density at radius 3 is 3.08 bits per heavy atom. The number of rotatable bonds is 1. The van der Waals surface area contributed by atoms with E-state index in [1.54, 1.807) is 0 Å². The van der Waals surface area contributed by atoms with Gasteiger partial charge in [-0.3, -0.25) is 5.32 Å².